The van der Waals surface area contributed by atoms with Gasteiger partial charge in [0.25, 0.3) is 5.69 Å². The summed E-state index contributed by atoms with van der Waals surface area (Å²) in [5.41, 5.74) is -0.0570. The van der Waals surface area contributed by atoms with Gasteiger partial charge in [-0.1, -0.05) is 0 Å². The van der Waals surface area contributed by atoms with E-state index in [1.807, 2.05) is 0 Å². The van der Waals surface area contributed by atoms with Gasteiger partial charge in [0.1, 0.15) is 0 Å². The normalized spacial score (nSPS) is 8.29. The number of rotatable bonds is 4. The van der Waals surface area contributed by atoms with Crippen molar-refractivity contribution in [1.29, 1.82) is 0 Å². The maximum atomic E-state index is 10.2. The van der Waals surface area contributed by atoms with Crippen LogP contribution >= 0.6 is 12.4 Å². The van der Waals surface area contributed by atoms with Crippen molar-refractivity contribution in [2.24, 2.45) is 0 Å². The molecule has 0 atom stereocenters. The van der Waals surface area contributed by atoms with Gasteiger partial charge in [-0.15, -0.1) is 12.4 Å². The predicted molar refractivity (Wildman–Crippen MR) is 48.1 cm³/mol. The fourth-order valence-electron chi connectivity index (χ4n) is 0.699. The van der Waals surface area contributed by atoms with Gasteiger partial charge in [-0.2, -0.15) is 0 Å². The minimum absolute atomic E-state index is 0. The Hall–Kier alpha value is -1.82. The second-order valence-electron chi connectivity index (χ2n) is 2.03. The van der Waals surface area contributed by atoms with Crippen LogP contribution in [-0.2, 0) is 9.68 Å². The molecule has 0 fully saturated rings. The monoisotopic (exact) mass is 219 g/mol. The van der Waals surface area contributed by atoms with E-state index >= 15 is 0 Å². The van der Waals surface area contributed by atoms with Gasteiger partial charge in [0.15, 0.2) is 5.75 Å². The molecule has 6 nitrogen and oxygen atoms in total. The van der Waals surface area contributed by atoms with Crippen LogP contribution in [0.3, 0.4) is 0 Å². The van der Waals surface area contributed by atoms with Gasteiger partial charge in [0.05, 0.1) is 4.92 Å². The standard InChI is InChI=1S/C7H5NO5.ClH/c9-5-12-13-7-3-1-6(2-4-7)8(10)11;/h1-5H;1H. The summed E-state index contributed by atoms with van der Waals surface area (Å²) in [7, 11) is 0. The highest BCUT2D eigenvalue weighted by Crippen LogP contribution is 2.16. The van der Waals surface area contributed by atoms with Crippen LogP contribution in [0.5, 0.6) is 5.75 Å². The highest BCUT2D eigenvalue weighted by Gasteiger charge is 2.04. The first-order valence-electron chi connectivity index (χ1n) is 3.25. The van der Waals surface area contributed by atoms with Crippen molar-refractivity contribution in [2.75, 3.05) is 0 Å². The number of benzene rings is 1. The molecule has 0 radical (unpaired) electrons. The molecule has 0 bridgehead atoms. The smallest absolute Gasteiger partial charge is 0.287 e. The lowest BCUT2D eigenvalue weighted by atomic mass is 10.3. The number of carbonyl (C=O) groups is 1. The van der Waals surface area contributed by atoms with Crippen molar-refractivity contribution < 1.29 is 19.5 Å². The average molecular weight is 220 g/mol. The first-order chi connectivity index (χ1) is 6.24. The zero-order valence-corrected chi connectivity index (χ0v) is 7.60. The molecular weight excluding hydrogens is 214 g/mol. The molecule has 0 N–H and O–H groups in total. The lowest BCUT2D eigenvalue weighted by Crippen LogP contribution is -1.94. The van der Waals surface area contributed by atoms with Crippen LogP contribution in [0, 0.1) is 10.1 Å². The number of carbonyl (C=O) groups excluding carboxylic acids is 1. The molecule has 1 rings (SSSR count). The molecule has 0 aliphatic carbocycles. The molecule has 0 aliphatic heterocycles. The van der Waals surface area contributed by atoms with E-state index in [-0.39, 0.29) is 30.3 Å². The lowest BCUT2D eigenvalue weighted by molar-refractivity contribution is -0.384. The number of nitrogens with zero attached hydrogens (tertiary/aromatic N) is 1. The Bertz CT molecular complexity index is 312. The van der Waals surface area contributed by atoms with E-state index in [1.54, 1.807) is 0 Å². The van der Waals surface area contributed by atoms with Gasteiger partial charge in [0.2, 0.25) is 0 Å². The fraction of sp³-hybridized carbons (Fsp3) is 0. The topological polar surface area (TPSA) is 78.7 Å². The molecule has 0 amide bonds. The molecule has 1 aromatic carbocycles. The van der Waals surface area contributed by atoms with Crippen LogP contribution in [0.4, 0.5) is 5.69 Å². The zero-order valence-electron chi connectivity index (χ0n) is 6.78. The third kappa shape index (κ3) is 3.28. The van der Waals surface area contributed by atoms with E-state index in [1.165, 1.54) is 24.3 Å². The van der Waals surface area contributed by atoms with E-state index in [0.29, 0.717) is 0 Å². The van der Waals surface area contributed by atoms with Gasteiger partial charge in [0, 0.05) is 12.1 Å². The van der Waals surface area contributed by atoms with Crippen LogP contribution < -0.4 is 4.89 Å². The van der Waals surface area contributed by atoms with Crippen LogP contribution in [0.2, 0.25) is 0 Å². The number of nitro groups is 1. The summed E-state index contributed by atoms with van der Waals surface area (Å²) >= 11 is 0. The van der Waals surface area contributed by atoms with Gasteiger partial charge in [-0.3, -0.25) is 24.7 Å². The van der Waals surface area contributed by atoms with Crippen molar-refractivity contribution in [3.8, 4) is 5.75 Å². The van der Waals surface area contributed by atoms with E-state index in [9.17, 15) is 14.9 Å². The van der Waals surface area contributed by atoms with Crippen LogP contribution in [0.25, 0.3) is 0 Å². The van der Waals surface area contributed by atoms with E-state index < -0.39 is 4.92 Å². The second kappa shape index (κ2) is 5.76. The number of hydrogen-bond acceptors (Lipinski definition) is 5. The molecular formula is C7H6ClNO5. The maximum Gasteiger partial charge on any atom is 0.343 e. The molecule has 1 aromatic rings. The van der Waals surface area contributed by atoms with E-state index in [4.69, 9.17) is 0 Å². The Balaban J connectivity index is 0.00000169. The molecule has 0 unspecified atom stereocenters. The van der Waals surface area contributed by atoms with Crippen LogP contribution in [-0.4, -0.2) is 11.4 Å². The first-order valence-corrected chi connectivity index (χ1v) is 3.25. The van der Waals surface area contributed by atoms with Crippen molar-refractivity contribution in [3.05, 3.63) is 34.4 Å². The number of non-ortho nitro benzene ring substituents is 1. The molecule has 7 heteroatoms. The maximum absolute atomic E-state index is 10.2. The molecule has 0 heterocycles. The highest BCUT2D eigenvalue weighted by molar-refractivity contribution is 5.85. The molecule has 14 heavy (non-hydrogen) atoms. The summed E-state index contributed by atoms with van der Waals surface area (Å²) in [5, 5.41) is 10.2. The first kappa shape index (κ1) is 12.2. The largest absolute Gasteiger partial charge is 0.343 e. The van der Waals surface area contributed by atoms with Crippen molar-refractivity contribution in [3.63, 3.8) is 0 Å². The minimum Gasteiger partial charge on any atom is -0.287 e. The van der Waals surface area contributed by atoms with Crippen molar-refractivity contribution in [2.45, 2.75) is 0 Å². The van der Waals surface area contributed by atoms with Gasteiger partial charge < -0.3 is 0 Å². The van der Waals surface area contributed by atoms with Crippen LogP contribution in [0.1, 0.15) is 0 Å². The third-order valence-electron chi connectivity index (χ3n) is 1.23. The lowest BCUT2D eigenvalue weighted by Gasteiger charge is -1.97. The number of halogens is 1. The minimum atomic E-state index is -0.537. The second-order valence-corrected chi connectivity index (χ2v) is 2.03. The Kier molecular flexibility index (Phi) is 5.01. The van der Waals surface area contributed by atoms with E-state index in [2.05, 4.69) is 9.78 Å². The molecule has 0 spiro atoms. The summed E-state index contributed by atoms with van der Waals surface area (Å²) in [6.45, 7) is 0.113. The fourth-order valence-corrected chi connectivity index (χ4v) is 0.699. The predicted octanol–water partition coefficient (Wildman–Crippen LogP) is 1.48. The Morgan fingerprint density at radius 1 is 1.29 bits per heavy atom. The van der Waals surface area contributed by atoms with E-state index in [0.717, 1.165) is 0 Å². The van der Waals surface area contributed by atoms with Gasteiger partial charge in [-0.05, 0) is 12.1 Å². The number of nitro benzene ring substituents is 1. The Morgan fingerprint density at radius 3 is 2.29 bits per heavy atom. The Morgan fingerprint density at radius 2 is 1.86 bits per heavy atom. The highest BCUT2D eigenvalue weighted by atomic mass is 35.5. The Labute approximate surface area is 84.9 Å². The molecule has 0 aromatic heterocycles. The molecule has 0 saturated heterocycles. The number of hydrogen-bond donors (Lipinski definition) is 0. The van der Waals surface area contributed by atoms with Crippen molar-refractivity contribution in [1.82, 2.24) is 0 Å². The SMILES string of the molecule is Cl.O=COOc1ccc([N+](=O)[O-])cc1. The quantitative estimate of drug-likeness (QED) is 0.332. The molecule has 0 aliphatic rings. The van der Waals surface area contributed by atoms with Crippen LogP contribution in [0.15, 0.2) is 24.3 Å². The van der Waals surface area contributed by atoms with Gasteiger partial charge in [-0.25, -0.2) is 0 Å². The van der Waals surface area contributed by atoms with Crippen molar-refractivity contribution >= 4 is 24.6 Å². The summed E-state index contributed by atoms with van der Waals surface area (Å²) in [4.78, 5) is 27.7. The molecule has 0 saturated carbocycles. The molecule has 76 valence electrons. The summed E-state index contributed by atoms with van der Waals surface area (Å²) in [6.07, 6.45) is 0. The summed E-state index contributed by atoms with van der Waals surface area (Å²) < 4.78 is 0. The van der Waals surface area contributed by atoms with Gasteiger partial charge >= 0.3 is 6.47 Å². The zero-order chi connectivity index (χ0) is 9.68. The third-order valence-corrected chi connectivity index (χ3v) is 1.23. The average Bonchev–Trinajstić information content (AvgIpc) is 2.15. The summed E-state index contributed by atoms with van der Waals surface area (Å²) in [5.74, 6) is 0.220. The summed E-state index contributed by atoms with van der Waals surface area (Å²) in [6, 6.07) is 5.12.